The Morgan fingerprint density at radius 2 is 1.94 bits per heavy atom. The van der Waals surface area contributed by atoms with E-state index in [1.54, 1.807) is 0 Å². The van der Waals surface area contributed by atoms with E-state index in [-0.39, 0.29) is 11.7 Å². The highest BCUT2D eigenvalue weighted by Crippen LogP contribution is 2.31. The van der Waals surface area contributed by atoms with E-state index in [4.69, 9.17) is 5.73 Å². The van der Waals surface area contributed by atoms with Crippen molar-refractivity contribution in [1.82, 2.24) is 0 Å². The molecule has 0 bridgehead atoms. The molecule has 1 aromatic carbocycles. The fraction of sp³-hybridized carbons (Fsp3) is 0.500. The lowest BCUT2D eigenvalue weighted by Gasteiger charge is -2.21. The summed E-state index contributed by atoms with van der Waals surface area (Å²) in [6.07, 6.45) is 2.99. The zero-order valence-electron chi connectivity index (χ0n) is 9.35. The van der Waals surface area contributed by atoms with Gasteiger partial charge in [0.15, 0.2) is 0 Å². The summed E-state index contributed by atoms with van der Waals surface area (Å²) in [5, 5.41) is 2.95. The first-order valence-corrected chi connectivity index (χ1v) is 6.52. The Bertz CT molecular complexity index is 388. The monoisotopic (exact) mass is 304 g/mol. The number of benzene rings is 1. The Labute approximate surface area is 108 Å². The first kappa shape index (κ1) is 12.8. The Kier molecular flexibility index (Phi) is 3.99. The quantitative estimate of drug-likeness (QED) is 0.899. The molecule has 1 aliphatic carbocycles. The first-order valence-electron chi connectivity index (χ1n) is 5.73. The number of halogens is 3. The molecule has 0 radical (unpaired) electrons. The summed E-state index contributed by atoms with van der Waals surface area (Å²) in [7, 11) is 0. The van der Waals surface area contributed by atoms with Crippen LogP contribution >= 0.6 is 15.9 Å². The van der Waals surface area contributed by atoms with Crippen molar-refractivity contribution in [2.75, 3.05) is 11.9 Å². The van der Waals surface area contributed by atoms with Gasteiger partial charge in [-0.15, -0.1) is 0 Å². The number of nitrogens with one attached hydrogen (secondary N) is 1. The minimum Gasteiger partial charge on any atom is -0.377 e. The molecule has 17 heavy (non-hydrogen) atoms. The first-order chi connectivity index (χ1) is 8.11. The number of hydrogen-bond acceptors (Lipinski definition) is 2. The van der Waals surface area contributed by atoms with Gasteiger partial charge in [-0.3, -0.25) is 0 Å². The third kappa shape index (κ3) is 2.77. The summed E-state index contributed by atoms with van der Waals surface area (Å²) in [6, 6.07) is 2.60. The molecular formula is C12H15BrF2N2. The van der Waals surface area contributed by atoms with Crippen LogP contribution in [0.2, 0.25) is 0 Å². The number of hydrogen-bond donors (Lipinski definition) is 2. The molecule has 0 aliphatic heterocycles. The molecule has 1 aliphatic rings. The third-order valence-corrected chi connectivity index (χ3v) is 3.76. The van der Waals surface area contributed by atoms with Crippen LogP contribution in [-0.4, -0.2) is 12.6 Å². The summed E-state index contributed by atoms with van der Waals surface area (Å²) in [5.74, 6) is -0.837. The smallest absolute Gasteiger partial charge is 0.150 e. The lowest BCUT2D eigenvalue weighted by molar-refractivity contribution is 0.506. The van der Waals surface area contributed by atoms with E-state index < -0.39 is 11.6 Å². The minimum atomic E-state index is -0.570. The molecule has 2 atom stereocenters. The molecule has 1 aromatic rings. The van der Waals surface area contributed by atoms with E-state index in [1.165, 1.54) is 12.1 Å². The van der Waals surface area contributed by atoms with Crippen molar-refractivity contribution in [3.05, 3.63) is 28.2 Å². The summed E-state index contributed by atoms with van der Waals surface area (Å²) >= 11 is 3.06. The van der Waals surface area contributed by atoms with E-state index in [0.717, 1.165) is 19.3 Å². The lowest BCUT2D eigenvalue weighted by atomic mass is 10.0. The maximum atomic E-state index is 13.6. The molecule has 5 heteroatoms. The molecule has 1 saturated carbocycles. The van der Waals surface area contributed by atoms with Gasteiger partial charge in [0.1, 0.15) is 17.3 Å². The Hall–Kier alpha value is -0.680. The summed E-state index contributed by atoms with van der Waals surface area (Å²) in [4.78, 5) is 0. The molecular weight excluding hydrogens is 290 g/mol. The van der Waals surface area contributed by atoms with E-state index in [2.05, 4.69) is 21.2 Å². The predicted molar refractivity (Wildman–Crippen MR) is 67.9 cm³/mol. The number of rotatable bonds is 3. The van der Waals surface area contributed by atoms with E-state index in [9.17, 15) is 8.78 Å². The van der Waals surface area contributed by atoms with Crippen molar-refractivity contribution < 1.29 is 8.78 Å². The second kappa shape index (κ2) is 5.31. The molecule has 1 fully saturated rings. The maximum absolute atomic E-state index is 13.6. The van der Waals surface area contributed by atoms with Crippen LogP contribution in [-0.2, 0) is 0 Å². The van der Waals surface area contributed by atoms with Gasteiger partial charge in [-0.05, 0) is 37.4 Å². The average Bonchev–Trinajstić information content (AvgIpc) is 2.70. The van der Waals surface area contributed by atoms with Crippen LogP contribution in [0.15, 0.2) is 16.6 Å². The van der Waals surface area contributed by atoms with Gasteiger partial charge >= 0.3 is 0 Å². The lowest BCUT2D eigenvalue weighted by Crippen LogP contribution is -2.30. The maximum Gasteiger partial charge on any atom is 0.150 e. The van der Waals surface area contributed by atoms with Crippen molar-refractivity contribution in [2.24, 2.45) is 11.7 Å². The van der Waals surface area contributed by atoms with Crippen molar-refractivity contribution in [2.45, 2.75) is 25.3 Å². The summed E-state index contributed by atoms with van der Waals surface area (Å²) in [5.41, 5.74) is 5.60. The molecule has 2 unspecified atom stereocenters. The zero-order chi connectivity index (χ0) is 12.4. The van der Waals surface area contributed by atoms with Gasteiger partial charge in [0.2, 0.25) is 0 Å². The van der Waals surface area contributed by atoms with Gasteiger partial charge in [-0.25, -0.2) is 8.78 Å². The number of anilines is 1. The van der Waals surface area contributed by atoms with Crippen molar-refractivity contribution in [3.63, 3.8) is 0 Å². The third-order valence-electron chi connectivity index (χ3n) is 3.30. The average molecular weight is 305 g/mol. The topological polar surface area (TPSA) is 38.0 Å². The molecule has 0 saturated heterocycles. The van der Waals surface area contributed by atoms with E-state index >= 15 is 0 Å². The Morgan fingerprint density at radius 1 is 1.29 bits per heavy atom. The van der Waals surface area contributed by atoms with E-state index in [1.807, 2.05) is 0 Å². The van der Waals surface area contributed by atoms with Gasteiger partial charge in [0.05, 0.1) is 0 Å². The normalized spacial score (nSPS) is 24.0. The van der Waals surface area contributed by atoms with Crippen LogP contribution in [0, 0.1) is 17.6 Å². The predicted octanol–water partition coefficient (Wildman–Crippen LogP) is 3.27. The van der Waals surface area contributed by atoms with Crippen molar-refractivity contribution in [1.29, 1.82) is 0 Å². The van der Waals surface area contributed by atoms with Crippen LogP contribution in [0.25, 0.3) is 0 Å². The Morgan fingerprint density at radius 3 is 2.53 bits per heavy atom. The van der Waals surface area contributed by atoms with Crippen LogP contribution in [0.3, 0.4) is 0 Å². The Balaban J connectivity index is 2.18. The molecule has 0 heterocycles. The second-order valence-electron chi connectivity index (χ2n) is 4.42. The molecule has 2 rings (SSSR count). The standard InChI is InChI=1S/C12H15BrF2N2/c13-8-4-9(14)12(10(15)5-8)17-11-3-1-2-7(11)6-16/h4-5,7,11,17H,1-3,6,16H2. The van der Waals surface area contributed by atoms with Crippen LogP contribution < -0.4 is 11.1 Å². The fourth-order valence-electron chi connectivity index (χ4n) is 2.37. The molecule has 0 amide bonds. The molecule has 3 N–H and O–H groups in total. The van der Waals surface area contributed by atoms with Gasteiger partial charge < -0.3 is 11.1 Å². The summed E-state index contributed by atoms with van der Waals surface area (Å²) in [6.45, 7) is 0.553. The van der Waals surface area contributed by atoms with Crippen LogP contribution in [0.5, 0.6) is 0 Å². The molecule has 0 spiro atoms. The highest BCUT2D eigenvalue weighted by molar-refractivity contribution is 9.10. The fourth-order valence-corrected chi connectivity index (χ4v) is 2.78. The highest BCUT2D eigenvalue weighted by atomic mass is 79.9. The van der Waals surface area contributed by atoms with Gasteiger partial charge in [0.25, 0.3) is 0 Å². The van der Waals surface area contributed by atoms with E-state index in [0.29, 0.717) is 16.9 Å². The SMILES string of the molecule is NCC1CCCC1Nc1c(F)cc(Br)cc1F. The zero-order valence-corrected chi connectivity index (χ0v) is 10.9. The van der Waals surface area contributed by atoms with Gasteiger partial charge in [-0.1, -0.05) is 22.4 Å². The minimum absolute atomic E-state index is 0.0430. The second-order valence-corrected chi connectivity index (χ2v) is 5.34. The van der Waals surface area contributed by atoms with Crippen molar-refractivity contribution in [3.8, 4) is 0 Å². The van der Waals surface area contributed by atoms with Gasteiger partial charge in [-0.2, -0.15) is 0 Å². The van der Waals surface area contributed by atoms with Crippen LogP contribution in [0.1, 0.15) is 19.3 Å². The molecule has 0 aromatic heterocycles. The largest absolute Gasteiger partial charge is 0.377 e. The summed E-state index contributed by atoms with van der Waals surface area (Å²) < 4.78 is 27.7. The molecule has 2 nitrogen and oxygen atoms in total. The molecule has 94 valence electrons. The van der Waals surface area contributed by atoms with Gasteiger partial charge in [0, 0.05) is 10.5 Å². The van der Waals surface area contributed by atoms with Crippen LogP contribution in [0.4, 0.5) is 14.5 Å². The highest BCUT2D eigenvalue weighted by Gasteiger charge is 2.27. The van der Waals surface area contributed by atoms with Crippen molar-refractivity contribution >= 4 is 21.6 Å². The number of nitrogens with two attached hydrogens (primary N) is 1.